The van der Waals surface area contributed by atoms with Gasteiger partial charge in [0.25, 0.3) is 5.56 Å². The molecule has 0 fully saturated rings. The maximum atomic E-state index is 13.5. The highest BCUT2D eigenvalue weighted by molar-refractivity contribution is 6.30. The Bertz CT molecular complexity index is 1010. The normalized spacial score (nSPS) is 10.6. The van der Waals surface area contributed by atoms with E-state index in [2.05, 4.69) is 4.98 Å². The van der Waals surface area contributed by atoms with Crippen molar-refractivity contribution in [3.63, 3.8) is 0 Å². The SMILES string of the molecule is N#Cc1cccc(-n2c(=O)cc(O)c3cc(F)c(Cl)nc32)c1. The topological polar surface area (TPSA) is 78.9 Å². The van der Waals surface area contributed by atoms with Gasteiger partial charge in [-0.3, -0.25) is 9.36 Å². The first-order valence-electron chi connectivity index (χ1n) is 6.12. The van der Waals surface area contributed by atoms with Gasteiger partial charge in [-0.05, 0) is 24.3 Å². The van der Waals surface area contributed by atoms with E-state index in [0.717, 1.165) is 16.7 Å². The third-order valence-electron chi connectivity index (χ3n) is 3.11. The number of hydrogen-bond acceptors (Lipinski definition) is 4. The molecule has 0 aliphatic carbocycles. The Hall–Kier alpha value is -2.91. The lowest BCUT2D eigenvalue weighted by molar-refractivity contribution is 0.479. The summed E-state index contributed by atoms with van der Waals surface area (Å²) in [6, 6.07) is 10.2. The fraction of sp³-hybridized carbons (Fsp3) is 0. The average molecular weight is 316 g/mol. The van der Waals surface area contributed by atoms with Crippen LogP contribution in [0.5, 0.6) is 5.75 Å². The van der Waals surface area contributed by atoms with Crippen LogP contribution in [0, 0.1) is 17.1 Å². The predicted octanol–water partition coefficient (Wildman–Crippen LogP) is 2.76. The van der Waals surface area contributed by atoms with Gasteiger partial charge in [-0.15, -0.1) is 0 Å². The molecule has 2 aromatic heterocycles. The van der Waals surface area contributed by atoms with Gasteiger partial charge in [0.05, 0.1) is 22.7 Å². The van der Waals surface area contributed by atoms with E-state index in [-0.39, 0.29) is 11.0 Å². The Morgan fingerprint density at radius 1 is 1.32 bits per heavy atom. The quantitative estimate of drug-likeness (QED) is 0.700. The highest BCUT2D eigenvalue weighted by atomic mass is 35.5. The molecule has 0 spiro atoms. The number of pyridine rings is 2. The summed E-state index contributed by atoms with van der Waals surface area (Å²) in [5.74, 6) is -1.20. The molecular weight excluding hydrogens is 309 g/mol. The van der Waals surface area contributed by atoms with E-state index < -0.39 is 22.3 Å². The van der Waals surface area contributed by atoms with Crippen LogP contribution < -0.4 is 5.56 Å². The van der Waals surface area contributed by atoms with E-state index in [4.69, 9.17) is 16.9 Å². The van der Waals surface area contributed by atoms with Crippen LogP contribution in [-0.2, 0) is 0 Å². The minimum Gasteiger partial charge on any atom is -0.507 e. The molecule has 22 heavy (non-hydrogen) atoms. The van der Waals surface area contributed by atoms with Crippen molar-refractivity contribution < 1.29 is 9.50 Å². The van der Waals surface area contributed by atoms with Crippen molar-refractivity contribution in [3.05, 3.63) is 63.3 Å². The molecule has 5 nitrogen and oxygen atoms in total. The van der Waals surface area contributed by atoms with Gasteiger partial charge in [0.2, 0.25) is 0 Å². The molecular formula is C15H7ClFN3O2. The molecule has 0 atom stereocenters. The Balaban J connectivity index is 2.45. The first-order valence-corrected chi connectivity index (χ1v) is 6.50. The van der Waals surface area contributed by atoms with Gasteiger partial charge in [-0.1, -0.05) is 17.7 Å². The van der Waals surface area contributed by atoms with Crippen LogP contribution in [0.4, 0.5) is 4.39 Å². The number of rotatable bonds is 1. The number of nitriles is 1. The molecule has 7 heteroatoms. The second-order valence-corrected chi connectivity index (χ2v) is 4.86. The second-order valence-electron chi connectivity index (χ2n) is 4.50. The molecule has 108 valence electrons. The van der Waals surface area contributed by atoms with E-state index in [1.165, 1.54) is 6.07 Å². The average Bonchev–Trinajstić information content (AvgIpc) is 2.50. The van der Waals surface area contributed by atoms with E-state index in [1.807, 2.05) is 6.07 Å². The predicted molar refractivity (Wildman–Crippen MR) is 78.7 cm³/mol. The van der Waals surface area contributed by atoms with Gasteiger partial charge in [-0.2, -0.15) is 5.26 Å². The van der Waals surface area contributed by atoms with Crippen molar-refractivity contribution in [2.24, 2.45) is 0 Å². The lowest BCUT2D eigenvalue weighted by atomic mass is 10.2. The second kappa shape index (κ2) is 5.13. The van der Waals surface area contributed by atoms with Crippen LogP contribution in [0.3, 0.4) is 0 Å². The fourth-order valence-electron chi connectivity index (χ4n) is 2.14. The van der Waals surface area contributed by atoms with E-state index in [1.54, 1.807) is 18.2 Å². The third-order valence-corrected chi connectivity index (χ3v) is 3.38. The standard InChI is InChI=1S/C15H7ClFN3O2/c16-14-11(17)5-10-12(21)6-13(22)20(15(10)19-14)9-3-1-2-8(4-9)7-18/h1-6,21H. The lowest BCUT2D eigenvalue weighted by Gasteiger charge is -2.11. The molecule has 3 aromatic rings. The maximum absolute atomic E-state index is 13.5. The zero-order valence-electron chi connectivity index (χ0n) is 10.9. The summed E-state index contributed by atoms with van der Waals surface area (Å²) in [7, 11) is 0. The molecule has 1 aromatic carbocycles. The third kappa shape index (κ3) is 2.18. The zero-order chi connectivity index (χ0) is 15.9. The van der Waals surface area contributed by atoms with Gasteiger partial charge in [0.1, 0.15) is 5.75 Å². The fourth-order valence-corrected chi connectivity index (χ4v) is 2.28. The van der Waals surface area contributed by atoms with Crippen LogP contribution in [-0.4, -0.2) is 14.7 Å². The molecule has 0 radical (unpaired) electrons. The first-order chi connectivity index (χ1) is 10.5. The Morgan fingerprint density at radius 2 is 2.09 bits per heavy atom. The van der Waals surface area contributed by atoms with Crippen molar-refractivity contribution in [3.8, 4) is 17.5 Å². The highest BCUT2D eigenvalue weighted by Crippen LogP contribution is 2.26. The molecule has 0 aliphatic rings. The molecule has 0 unspecified atom stereocenters. The Morgan fingerprint density at radius 3 is 2.82 bits per heavy atom. The lowest BCUT2D eigenvalue weighted by Crippen LogP contribution is -2.18. The van der Waals surface area contributed by atoms with Crippen molar-refractivity contribution in [2.75, 3.05) is 0 Å². The van der Waals surface area contributed by atoms with Gasteiger partial charge in [-0.25, -0.2) is 9.37 Å². The number of benzene rings is 1. The van der Waals surface area contributed by atoms with Gasteiger partial charge < -0.3 is 5.11 Å². The zero-order valence-corrected chi connectivity index (χ0v) is 11.7. The van der Waals surface area contributed by atoms with E-state index >= 15 is 0 Å². The summed E-state index contributed by atoms with van der Waals surface area (Å²) < 4.78 is 14.7. The molecule has 0 amide bonds. The van der Waals surface area contributed by atoms with Crippen LogP contribution in [0.1, 0.15) is 5.56 Å². The number of nitrogens with zero attached hydrogens (tertiary/aromatic N) is 3. The monoisotopic (exact) mass is 315 g/mol. The molecule has 0 saturated heterocycles. The van der Waals surface area contributed by atoms with Gasteiger partial charge >= 0.3 is 0 Å². The molecule has 0 bridgehead atoms. The van der Waals surface area contributed by atoms with Crippen LogP contribution in [0.25, 0.3) is 16.7 Å². The van der Waals surface area contributed by atoms with Gasteiger partial charge in [0.15, 0.2) is 16.6 Å². The summed E-state index contributed by atoms with van der Waals surface area (Å²) in [5, 5.41) is 18.4. The van der Waals surface area contributed by atoms with Gasteiger partial charge in [0, 0.05) is 6.07 Å². The molecule has 0 aliphatic heterocycles. The van der Waals surface area contributed by atoms with Crippen molar-refractivity contribution in [1.82, 2.24) is 9.55 Å². The van der Waals surface area contributed by atoms with Crippen LogP contribution in [0.2, 0.25) is 5.15 Å². The number of aromatic nitrogens is 2. The van der Waals surface area contributed by atoms with Crippen molar-refractivity contribution in [2.45, 2.75) is 0 Å². The Kier molecular flexibility index (Phi) is 3.28. The van der Waals surface area contributed by atoms with E-state index in [0.29, 0.717) is 11.3 Å². The summed E-state index contributed by atoms with van der Waals surface area (Å²) in [6.07, 6.45) is 0. The molecule has 3 rings (SSSR count). The van der Waals surface area contributed by atoms with E-state index in [9.17, 15) is 14.3 Å². The smallest absolute Gasteiger partial charge is 0.260 e. The molecule has 2 heterocycles. The van der Waals surface area contributed by atoms with Crippen molar-refractivity contribution in [1.29, 1.82) is 5.26 Å². The number of halogens is 2. The van der Waals surface area contributed by atoms with Crippen LogP contribution in [0.15, 0.2) is 41.2 Å². The summed E-state index contributed by atoms with van der Waals surface area (Å²) >= 11 is 5.67. The number of aromatic hydroxyl groups is 1. The largest absolute Gasteiger partial charge is 0.507 e. The molecule has 0 saturated carbocycles. The number of hydrogen-bond donors (Lipinski definition) is 1. The minimum absolute atomic E-state index is 0.00601. The minimum atomic E-state index is -0.805. The van der Waals surface area contributed by atoms with Crippen LogP contribution >= 0.6 is 11.6 Å². The summed E-state index contributed by atoms with van der Waals surface area (Å²) in [4.78, 5) is 16.0. The maximum Gasteiger partial charge on any atom is 0.260 e. The summed E-state index contributed by atoms with van der Waals surface area (Å²) in [6.45, 7) is 0. The first kappa shape index (κ1) is 14.0. The highest BCUT2D eigenvalue weighted by Gasteiger charge is 2.15. The van der Waals surface area contributed by atoms with Crippen molar-refractivity contribution >= 4 is 22.6 Å². The Labute approximate surface area is 128 Å². The summed E-state index contributed by atoms with van der Waals surface area (Å²) in [5.41, 5.74) is 0.143. The molecule has 1 N–H and O–H groups in total. The number of fused-ring (bicyclic) bond motifs is 1.